The number of anilines is 1. The predicted octanol–water partition coefficient (Wildman–Crippen LogP) is 1.54. The second kappa shape index (κ2) is 6.88. The van der Waals surface area contributed by atoms with Gasteiger partial charge in [-0.05, 0) is 24.3 Å². The van der Waals surface area contributed by atoms with Gasteiger partial charge in [-0.25, -0.2) is 9.97 Å². The zero-order chi connectivity index (χ0) is 16.9. The molecule has 0 spiro atoms. The molecule has 3 rings (SSSR count). The van der Waals surface area contributed by atoms with Crippen LogP contribution in [0.4, 0.5) is 5.95 Å². The molecule has 8 nitrogen and oxygen atoms in total. The number of amides is 1. The van der Waals surface area contributed by atoms with Gasteiger partial charge in [0.1, 0.15) is 23.9 Å². The van der Waals surface area contributed by atoms with Gasteiger partial charge in [-0.15, -0.1) is 0 Å². The molecule has 0 unspecified atom stereocenters. The summed E-state index contributed by atoms with van der Waals surface area (Å²) in [6, 6.07) is 8.57. The van der Waals surface area contributed by atoms with Crippen molar-refractivity contribution >= 4 is 22.8 Å². The number of hydrogen-bond donors (Lipinski definition) is 3. The summed E-state index contributed by atoms with van der Waals surface area (Å²) >= 11 is 0. The fourth-order valence-electron chi connectivity index (χ4n) is 2.09. The highest BCUT2D eigenvalue weighted by Gasteiger charge is 2.07. The largest absolute Gasteiger partial charge is 0.457 e. The van der Waals surface area contributed by atoms with Gasteiger partial charge in [0.15, 0.2) is 0 Å². The number of aliphatic hydroxyl groups is 1. The van der Waals surface area contributed by atoms with E-state index in [2.05, 4.69) is 25.6 Å². The van der Waals surface area contributed by atoms with Crippen molar-refractivity contribution in [3.8, 4) is 11.5 Å². The molecule has 0 aliphatic rings. The molecule has 0 saturated carbocycles. The number of pyridine rings is 1. The first-order valence-electron chi connectivity index (χ1n) is 7.17. The summed E-state index contributed by atoms with van der Waals surface area (Å²) in [5.41, 5.74) is 0.993. The van der Waals surface area contributed by atoms with Crippen LogP contribution < -0.4 is 15.4 Å². The molecule has 0 bridgehead atoms. The van der Waals surface area contributed by atoms with E-state index < -0.39 is 0 Å². The fourth-order valence-corrected chi connectivity index (χ4v) is 2.09. The van der Waals surface area contributed by atoms with Gasteiger partial charge in [0.2, 0.25) is 5.95 Å². The average Bonchev–Trinajstić information content (AvgIpc) is 2.61. The van der Waals surface area contributed by atoms with Crippen LogP contribution in [0.3, 0.4) is 0 Å². The molecule has 0 aliphatic carbocycles. The normalized spacial score (nSPS) is 10.4. The molecular weight excluding hydrogens is 310 g/mol. The maximum atomic E-state index is 11.6. The van der Waals surface area contributed by atoms with Gasteiger partial charge in [-0.3, -0.25) is 9.78 Å². The number of ether oxygens (including phenoxy) is 1. The third kappa shape index (κ3) is 3.39. The van der Waals surface area contributed by atoms with E-state index in [9.17, 15) is 4.79 Å². The SMILES string of the molecule is CNC(=O)c1cc(Oc2ccc3nc(NCO)ncc3c2)ccn1. The summed E-state index contributed by atoms with van der Waals surface area (Å²) in [7, 11) is 1.54. The number of nitrogens with zero attached hydrogens (tertiary/aromatic N) is 3. The zero-order valence-corrected chi connectivity index (χ0v) is 12.9. The Hall–Kier alpha value is -3.26. The van der Waals surface area contributed by atoms with Crippen LogP contribution in [-0.2, 0) is 0 Å². The molecule has 0 saturated heterocycles. The molecule has 24 heavy (non-hydrogen) atoms. The minimum Gasteiger partial charge on any atom is -0.457 e. The number of aromatic nitrogens is 3. The lowest BCUT2D eigenvalue weighted by atomic mass is 10.2. The lowest BCUT2D eigenvalue weighted by Gasteiger charge is -2.08. The van der Waals surface area contributed by atoms with Crippen LogP contribution in [0.25, 0.3) is 10.9 Å². The highest BCUT2D eigenvalue weighted by Crippen LogP contribution is 2.25. The molecule has 3 N–H and O–H groups in total. The molecule has 3 aromatic rings. The maximum absolute atomic E-state index is 11.6. The Bertz CT molecular complexity index is 884. The molecule has 122 valence electrons. The number of carbonyl (C=O) groups excluding carboxylic acids is 1. The quantitative estimate of drug-likeness (QED) is 0.610. The van der Waals surface area contributed by atoms with E-state index in [4.69, 9.17) is 9.84 Å². The number of hydrogen-bond acceptors (Lipinski definition) is 7. The summed E-state index contributed by atoms with van der Waals surface area (Å²) in [5.74, 6) is 1.16. The second-order valence-corrected chi connectivity index (χ2v) is 4.81. The van der Waals surface area contributed by atoms with Crippen LogP contribution in [0.1, 0.15) is 10.5 Å². The van der Waals surface area contributed by atoms with E-state index in [0.717, 1.165) is 5.39 Å². The highest BCUT2D eigenvalue weighted by atomic mass is 16.5. The van der Waals surface area contributed by atoms with Gasteiger partial charge in [-0.1, -0.05) is 0 Å². The highest BCUT2D eigenvalue weighted by molar-refractivity contribution is 5.92. The monoisotopic (exact) mass is 325 g/mol. The minimum absolute atomic E-state index is 0.234. The zero-order valence-electron chi connectivity index (χ0n) is 12.9. The molecule has 2 heterocycles. The van der Waals surface area contributed by atoms with Gasteiger partial charge in [0.25, 0.3) is 5.91 Å². The number of fused-ring (bicyclic) bond motifs is 1. The predicted molar refractivity (Wildman–Crippen MR) is 87.9 cm³/mol. The molecule has 0 radical (unpaired) electrons. The number of rotatable bonds is 5. The standard InChI is InChI=1S/C16H15N5O3/c1-17-15(23)14-7-12(4-5-18-14)24-11-2-3-13-10(6-11)8-19-16(21-13)20-9-22/h2-8,22H,9H2,1H3,(H,17,23)(H,19,20,21). The number of nitrogens with one attached hydrogen (secondary N) is 2. The first kappa shape index (κ1) is 15.6. The Morgan fingerprint density at radius 1 is 1.21 bits per heavy atom. The van der Waals surface area contributed by atoms with Crippen molar-refractivity contribution in [2.45, 2.75) is 0 Å². The third-order valence-electron chi connectivity index (χ3n) is 3.22. The van der Waals surface area contributed by atoms with Crippen LogP contribution in [0, 0.1) is 0 Å². The van der Waals surface area contributed by atoms with Crippen molar-refractivity contribution in [1.82, 2.24) is 20.3 Å². The Balaban J connectivity index is 1.85. The van der Waals surface area contributed by atoms with Gasteiger partial charge in [-0.2, -0.15) is 0 Å². The van der Waals surface area contributed by atoms with E-state index >= 15 is 0 Å². The number of benzene rings is 1. The van der Waals surface area contributed by atoms with Gasteiger partial charge >= 0.3 is 0 Å². The first-order valence-corrected chi connectivity index (χ1v) is 7.17. The van der Waals surface area contributed by atoms with Crippen LogP contribution >= 0.6 is 0 Å². The molecular formula is C16H15N5O3. The van der Waals surface area contributed by atoms with E-state index in [1.165, 1.54) is 6.20 Å². The van der Waals surface area contributed by atoms with Gasteiger partial charge < -0.3 is 20.5 Å². The Labute approximate surface area is 137 Å². The summed E-state index contributed by atoms with van der Waals surface area (Å²) in [6.45, 7) is -0.234. The van der Waals surface area contributed by atoms with Crippen LogP contribution in [-0.4, -0.2) is 39.7 Å². The lowest BCUT2D eigenvalue weighted by molar-refractivity contribution is 0.0958. The third-order valence-corrected chi connectivity index (χ3v) is 3.22. The van der Waals surface area contributed by atoms with Crippen molar-refractivity contribution < 1.29 is 14.6 Å². The van der Waals surface area contributed by atoms with Crippen LogP contribution in [0.5, 0.6) is 11.5 Å². The first-order chi connectivity index (χ1) is 11.7. The summed E-state index contributed by atoms with van der Waals surface area (Å²) in [6.07, 6.45) is 3.15. The van der Waals surface area contributed by atoms with Crippen molar-refractivity contribution in [3.05, 3.63) is 48.4 Å². The van der Waals surface area contributed by atoms with Gasteiger partial charge in [0, 0.05) is 30.9 Å². The van der Waals surface area contributed by atoms with E-state index in [-0.39, 0.29) is 18.3 Å². The second-order valence-electron chi connectivity index (χ2n) is 4.81. The van der Waals surface area contributed by atoms with Crippen molar-refractivity contribution in [2.75, 3.05) is 19.1 Å². The van der Waals surface area contributed by atoms with E-state index in [1.54, 1.807) is 43.6 Å². The number of carbonyl (C=O) groups is 1. The fraction of sp³-hybridized carbons (Fsp3) is 0.125. The van der Waals surface area contributed by atoms with E-state index in [0.29, 0.717) is 23.0 Å². The molecule has 0 fully saturated rings. The molecule has 8 heteroatoms. The van der Waals surface area contributed by atoms with Crippen molar-refractivity contribution in [3.63, 3.8) is 0 Å². The molecule has 2 aromatic heterocycles. The van der Waals surface area contributed by atoms with Crippen LogP contribution in [0.2, 0.25) is 0 Å². The summed E-state index contributed by atoms with van der Waals surface area (Å²) in [5, 5.41) is 14.8. The summed E-state index contributed by atoms with van der Waals surface area (Å²) in [4.78, 5) is 24.0. The summed E-state index contributed by atoms with van der Waals surface area (Å²) < 4.78 is 5.77. The average molecular weight is 325 g/mol. The van der Waals surface area contributed by atoms with Gasteiger partial charge in [0.05, 0.1) is 5.52 Å². The minimum atomic E-state index is -0.281. The number of aliphatic hydroxyl groups excluding tert-OH is 1. The van der Waals surface area contributed by atoms with Crippen molar-refractivity contribution in [2.24, 2.45) is 0 Å². The Morgan fingerprint density at radius 2 is 2.04 bits per heavy atom. The lowest BCUT2D eigenvalue weighted by Crippen LogP contribution is -2.18. The Morgan fingerprint density at radius 3 is 2.83 bits per heavy atom. The maximum Gasteiger partial charge on any atom is 0.269 e. The smallest absolute Gasteiger partial charge is 0.269 e. The van der Waals surface area contributed by atoms with Crippen LogP contribution in [0.15, 0.2) is 42.7 Å². The molecule has 1 amide bonds. The van der Waals surface area contributed by atoms with E-state index in [1.807, 2.05) is 0 Å². The molecule has 0 atom stereocenters. The Kier molecular flexibility index (Phi) is 4.48. The molecule has 1 aromatic carbocycles. The molecule has 0 aliphatic heterocycles. The van der Waals surface area contributed by atoms with Crippen molar-refractivity contribution in [1.29, 1.82) is 0 Å². The topological polar surface area (TPSA) is 109 Å².